The van der Waals surface area contributed by atoms with E-state index in [1.165, 1.54) is 0 Å². The SMILES string of the molecule is CC(C)(C)CCn1c(N)nc2ccc(Br)cc21. The number of nitrogens with two attached hydrogens (primary N) is 1. The van der Waals surface area contributed by atoms with Gasteiger partial charge in [-0.2, -0.15) is 0 Å². The van der Waals surface area contributed by atoms with E-state index in [1.807, 2.05) is 12.1 Å². The summed E-state index contributed by atoms with van der Waals surface area (Å²) in [5.41, 5.74) is 8.33. The standard InChI is InChI=1S/C13H18BrN3/c1-13(2,3)6-7-17-11-8-9(14)4-5-10(11)16-12(17)15/h4-5,8H,6-7H2,1-3H3,(H2,15,16). The Morgan fingerprint density at radius 3 is 2.71 bits per heavy atom. The van der Waals surface area contributed by atoms with Crippen LogP contribution >= 0.6 is 15.9 Å². The van der Waals surface area contributed by atoms with Crippen LogP contribution in [0.1, 0.15) is 27.2 Å². The number of hydrogen-bond acceptors (Lipinski definition) is 2. The van der Waals surface area contributed by atoms with Gasteiger partial charge >= 0.3 is 0 Å². The molecule has 0 radical (unpaired) electrons. The van der Waals surface area contributed by atoms with Gasteiger partial charge < -0.3 is 10.3 Å². The van der Waals surface area contributed by atoms with Crippen molar-refractivity contribution >= 4 is 32.9 Å². The van der Waals surface area contributed by atoms with Crippen LogP contribution in [-0.4, -0.2) is 9.55 Å². The van der Waals surface area contributed by atoms with Crippen molar-refractivity contribution in [3.63, 3.8) is 0 Å². The van der Waals surface area contributed by atoms with Gasteiger partial charge in [0.1, 0.15) is 0 Å². The number of anilines is 1. The van der Waals surface area contributed by atoms with Crippen LogP contribution in [0.3, 0.4) is 0 Å². The second-order valence-electron chi connectivity index (χ2n) is 5.57. The summed E-state index contributed by atoms with van der Waals surface area (Å²) >= 11 is 3.48. The second kappa shape index (κ2) is 4.33. The third kappa shape index (κ3) is 2.80. The van der Waals surface area contributed by atoms with E-state index in [0.717, 1.165) is 28.5 Å². The molecule has 1 heterocycles. The lowest BCUT2D eigenvalue weighted by Gasteiger charge is -2.18. The molecule has 1 aromatic carbocycles. The fourth-order valence-electron chi connectivity index (χ4n) is 1.80. The van der Waals surface area contributed by atoms with E-state index >= 15 is 0 Å². The lowest BCUT2D eigenvalue weighted by atomic mass is 9.92. The fourth-order valence-corrected chi connectivity index (χ4v) is 2.15. The van der Waals surface area contributed by atoms with Gasteiger partial charge in [-0.15, -0.1) is 0 Å². The second-order valence-corrected chi connectivity index (χ2v) is 6.48. The molecule has 0 fully saturated rings. The first-order chi connectivity index (χ1) is 7.87. The van der Waals surface area contributed by atoms with Crippen molar-refractivity contribution < 1.29 is 0 Å². The summed E-state index contributed by atoms with van der Waals surface area (Å²) in [6.07, 6.45) is 1.08. The number of benzene rings is 1. The minimum absolute atomic E-state index is 0.301. The average molecular weight is 296 g/mol. The summed E-state index contributed by atoms with van der Waals surface area (Å²) in [7, 11) is 0. The monoisotopic (exact) mass is 295 g/mol. The van der Waals surface area contributed by atoms with Crippen LogP contribution in [0.5, 0.6) is 0 Å². The Morgan fingerprint density at radius 2 is 2.06 bits per heavy atom. The molecule has 0 aliphatic carbocycles. The molecule has 0 saturated carbocycles. The van der Waals surface area contributed by atoms with Crippen molar-refractivity contribution in [1.82, 2.24) is 9.55 Å². The Balaban J connectivity index is 2.38. The van der Waals surface area contributed by atoms with Crippen LogP contribution in [0.15, 0.2) is 22.7 Å². The van der Waals surface area contributed by atoms with E-state index in [9.17, 15) is 0 Å². The predicted octanol–water partition coefficient (Wildman–Crippen LogP) is 3.82. The molecule has 0 unspecified atom stereocenters. The molecule has 0 amide bonds. The van der Waals surface area contributed by atoms with Crippen molar-refractivity contribution in [2.75, 3.05) is 5.73 Å². The van der Waals surface area contributed by atoms with Gasteiger partial charge in [0.05, 0.1) is 11.0 Å². The van der Waals surface area contributed by atoms with Crippen molar-refractivity contribution in [2.24, 2.45) is 5.41 Å². The quantitative estimate of drug-likeness (QED) is 0.915. The Morgan fingerprint density at radius 1 is 1.35 bits per heavy atom. The third-order valence-corrected chi connectivity index (χ3v) is 3.32. The number of hydrogen-bond donors (Lipinski definition) is 1. The molecule has 17 heavy (non-hydrogen) atoms. The van der Waals surface area contributed by atoms with Crippen LogP contribution in [0.2, 0.25) is 0 Å². The van der Waals surface area contributed by atoms with Gasteiger partial charge in [0.2, 0.25) is 5.95 Å². The smallest absolute Gasteiger partial charge is 0.201 e. The molecule has 0 spiro atoms. The Labute approximate surface area is 110 Å². The first-order valence-electron chi connectivity index (χ1n) is 5.78. The summed E-state index contributed by atoms with van der Waals surface area (Å²) in [6, 6.07) is 6.05. The highest BCUT2D eigenvalue weighted by Crippen LogP contribution is 2.25. The Bertz CT molecular complexity index is 537. The third-order valence-electron chi connectivity index (χ3n) is 2.83. The number of aryl methyl sites for hydroxylation is 1. The molecule has 1 aromatic heterocycles. The highest BCUT2D eigenvalue weighted by molar-refractivity contribution is 9.10. The van der Waals surface area contributed by atoms with Crippen LogP contribution in [0, 0.1) is 5.41 Å². The summed E-state index contributed by atoms with van der Waals surface area (Å²) in [5.74, 6) is 0.599. The summed E-state index contributed by atoms with van der Waals surface area (Å²) in [6.45, 7) is 7.61. The van der Waals surface area contributed by atoms with Gasteiger partial charge in [0.25, 0.3) is 0 Å². The molecular weight excluding hydrogens is 278 g/mol. The van der Waals surface area contributed by atoms with Crippen LogP contribution < -0.4 is 5.73 Å². The molecule has 0 aliphatic rings. The van der Waals surface area contributed by atoms with Crippen molar-refractivity contribution in [1.29, 1.82) is 0 Å². The zero-order valence-corrected chi connectivity index (χ0v) is 12.1. The predicted molar refractivity (Wildman–Crippen MR) is 75.9 cm³/mol. The molecule has 4 heteroatoms. The number of nitrogen functional groups attached to an aromatic ring is 1. The maximum Gasteiger partial charge on any atom is 0.201 e. The van der Waals surface area contributed by atoms with Crippen LogP contribution in [-0.2, 0) is 6.54 Å². The normalized spacial score (nSPS) is 12.2. The molecule has 92 valence electrons. The average Bonchev–Trinajstić information content (AvgIpc) is 2.49. The van der Waals surface area contributed by atoms with Crippen LogP contribution in [0.25, 0.3) is 11.0 Å². The first-order valence-corrected chi connectivity index (χ1v) is 6.57. The van der Waals surface area contributed by atoms with Gasteiger partial charge in [-0.05, 0) is 30.0 Å². The molecule has 0 bridgehead atoms. The topological polar surface area (TPSA) is 43.8 Å². The lowest BCUT2D eigenvalue weighted by molar-refractivity contribution is 0.354. The Hall–Kier alpha value is -1.03. The molecule has 0 saturated heterocycles. The van der Waals surface area contributed by atoms with E-state index < -0.39 is 0 Å². The van der Waals surface area contributed by atoms with Gasteiger partial charge in [-0.3, -0.25) is 0 Å². The lowest BCUT2D eigenvalue weighted by Crippen LogP contribution is -2.12. The summed E-state index contributed by atoms with van der Waals surface area (Å²) < 4.78 is 3.15. The highest BCUT2D eigenvalue weighted by atomic mass is 79.9. The molecule has 0 atom stereocenters. The van der Waals surface area contributed by atoms with E-state index in [4.69, 9.17) is 5.73 Å². The minimum atomic E-state index is 0.301. The van der Waals surface area contributed by atoms with Crippen LogP contribution in [0.4, 0.5) is 5.95 Å². The highest BCUT2D eigenvalue weighted by Gasteiger charge is 2.13. The minimum Gasteiger partial charge on any atom is -0.369 e. The number of imidazole rings is 1. The first kappa shape index (κ1) is 12.4. The Kier molecular flexibility index (Phi) is 3.17. The number of nitrogens with zero attached hydrogens (tertiary/aromatic N) is 2. The van der Waals surface area contributed by atoms with Crippen molar-refractivity contribution in [3.8, 4) is 0 Å². The summed E-state index contributed by atoms with van der Waals surface area (Å²) in [4.78, 5) is 4.37. The molecule has 2 rings (SSSR count). The van der Waals surface area contributed by atoms with Gasteiger partial charge in [-0.25, -0.2) is 4.98 Å². The van der Waals surface area contributed by atoms with Crippen molar-refractivity contribution in [3.05, 3.63) is 22.7 Å². The molecule has 2 N–H and O–H groups in total. The number of halogens is 1. The molecule has 2 aromatic rings. The van der Waals surface area contributed by atoms with E-state index in [2.05, 4.69) is 52.3 Å². The van der Waals surface area contributed by atoms with Gasteiger partial charge in [0, 0.05) is 11.0 Å². The largest absolute Gasteiger partial charge is 0.369 e. The molecule has 0 aliphatic heterocycles. The van der Waals surface area contributed by atoms with Crippen molar-refractivity contribution in [2.45, 2.75) is 33.7 Å². The van der Waals surface area contributed by atoms with Gasteiger partial charge in [0.15, 0.2) is 0 Å². The number of fused-ring (bicyclic) bond motifs is 1. The summed E-state index contributed by atoms with van der Waals surface area (Å²) in [5, 5.41) is 0. The molecule has 3 nitrogen and oxygen atoms in total. The molecular formula is C13H18BrN3. The fraction of sp³-hybridized carbons (Fsp3) is 0.462. The number of aromatic nitrogens is 2. The van der Waals surface area contributed by atoms with Gasteiger partial charge in [-0.1, -0.05) is 36.7 Å². The maximum atomic E-state index is 5.97. The van der Waals surface area contributed by atoms with E-state index in [1.54, 1.807) is 0 Å². The zero-order valence-electron chi connectivity index (χ0n) is 10.5. The number of rotatable bonds is 2. The zero-order chi connectivity index (χ0) is 12.6. The van der Waals surface area contributed by atoms with E-state index in [-0.39, 0.29) is 0 Å². The maximum absolute atomic E-state index is 5.97. The van der Waals surface area contributed by atoms with E-state index in [0.29, 0.717) is 11.4 Å².